The van der Waals surface area contributed by atoms with Gasteiger partial charge in [0.15, 0.2) is 0 Å². The summed E-state index contributed by atoms with van der Waals surface area (Å²) in [6.07, 6.45) is 0. The molecule has 2 aromatic heterocycles. The maximum absolute atomic E-state index is 12.5. The second kappa shape index (κ2) is 7.82. The van der Waals surface area contributed by atoms with Crippen molar-refractivity contribution in [2.45, 2.75) is 6.54 Å². The third-order valence-electron chi connectivity index (χ3n) is 4.63. The second-order valence-corrected chi connectivity index (χ2v) is 7.94. The van der Waals surface area contributed by atoms with E-state index in [1.165, 1.54) is 5.56 Å². The molecule has 0 saturated carbocycles. The molecule has 0 radical (unpaired) electrons. The number of nitrogens with zero attached hydrogens (tertiary/aromatic N) is 4. The number of carbonyl (C=O) groups is 1. The molecule has 134 valence electrons. The van der Waals surface area contributed by atoms with Crippen molar-refractivity contribution in [3.05, 3.63) is 27.9 Å². The van der Waals surface area contributed by atoms with E-state index in [2.05, 4.69) is 27.1 Å². The summed E-state index contributed by atoms with van der Waals surface area (Å²) in [6, 6.07) is 2.28. The lowest BCUT2D eigenvalue weighted by molar-refractivity contribution is 0.0372. The van der Waals surface area contributed by atoms with E-state index >= 15 is 0 Å². The Balaban J connectivity index is 1.28. The maximum atomic E-state index is 12.5. The number of hydrogen-bond donors (Lipinski definition) is 0. The lowest BCUT2D eigenvalue weighted by Gasteiger charge is -2.38. The Bertz CT molecular complexity index is 689. The van der Waals surface area contributed by atoms with Crippen molar-refractivity contribution in [3.8, 4) is 10.6 Å². The van der Waals surface area contributed by atoms with Crippen LogP contribution in [0.5, 0.6) is 0 Å². The number of thiazole rings is 1. The molecule has 2 aliphatic rings. The molecule has 2 fully saturated rings. The molecule has 6 nitrogen and oxygen atoms in total. The molecule has 0 bridgehead atoms. The molecule has 8 heteroatoms. The third kappa shape index (κ3) is 4.03. The van der Waals surface area contributed by atoms with Crippen LogP contribution in [0.4, 0.5) is 4.79 Å². The van der Waals surface area contributed by atoms with Crippen LogP contribution in [0.15, 0.2) is 22.2 Å². The van der Waals surface area contributed by atoms with Gasteiger partial charge in [0, 0.05) is 62.1 Å². The average Bonchev–Trinajstić information content (AvgIpc) is 3.34. The zero-order chi connectivity index (χ0) is 17.1. The third-order valence-corrected chi connectivity index (χ3v) is 6.25. The second-order valence-electron chi connectivity index (χ2n) is 6.30. The molecule has 0 atom stereocenters. The number of carbonyl (C=O) groups excluding carboxylic acids is 1. The molecule has 4 rings (SSSR count). The largest absolute Gasteiger partial charge is 0.378 e. The van der Waals surface area contributed by atoms with Crippen LogP contribution in [-0.2, 0) is 11.3 Å². The maximum Gasteiger partial charge on any atom is 0.320 e. The van der Waals surface area contributed by atoms with Crippen molar-refractivity contribution in [3.63, 3.8) is 0 Å². The Hall–Kier alpha value is -1.48. The van der Waals surface area contributed by atoms with Gasteiger partial charge in [0.2, 0.25) is 0 Å². The van der Waals surface area contributed by atoms with Crippen molar-refractivity contribution in [1.29, 1.82) is 0 Å². The molecule has 2 aliphatic heterocycles. The van der Waals surface area contributed by atoms with Gasteiger partial charge in [0.25, 0.3) is 0 Å². The van der Waals surface area contributed by atoms with Crippen LogP contribution in [0.1, 0.15) is 5.69 Å². The summed E-state index contributed by atoms with van der Waals surface area (Å²) in [4.78, 5) is 23.5. The predicted octanol–water partition coefficient (Wildman–Crippen LogP) is 2.44. The summed E-state index contributed by atoms with van der Waals surface area (Å²) in [6.45, 7) is 6.98. The van der Waals surface area contributed by atoms with Crippen LogP contribution in [0, 0.1) is 0 Å². The molecule has 2 amide bonds. The van der Waals surface area contributed by atoms with E-state index < -0.39 is 0 Å². The first-order chi connectivity index (χ1) is 12.3. The van der Waals surface area contributed by atoms with Crippen LogP contribution in [0.25, 0.3) is 10.6 Å². The Morgan fingerprint density at radius 2 is 1.84 bits per heavy atom. The highest BCUT2D eigenvalue weighted by atomic mass is 32.1. The van der Waals surface area contributed by atoms with E-state index in [9.17, 15) is 4.79 Å². The number of rotatable bonds is 3. The smallest absolute Gasteiger partial charge is 0.320 e. The molecule has 2 saturated heterocycles. The molecule has 0 aromatic carbocycles. The molecule has 0 spiro atoms. The van der Waals surface area contributed by atoms with Crippen molar-refractivity contribution in [2.75, 3.05) is 52.5 Å². The van der Waals surface area contributed by atoms with Gasteiger partial charge in [-0.2, -0.15) is 11.3 Å². The van der Waals surface area contributed by atoms with Gasteiger partial charge in [0.05, 0.1) is 18.9 Å². The molecular formula is C17H22N4O2S2. The van der Waals surface area contributed by atoms with Gasteiger partial charge in [-0.15, -0.1) is 11.3 Å². The summed E-state index contributed by atoms with van der Waals surface area (Å²) in [5.41, 5.74) is 2.33. The average molecular weight is 379 g/mol. The van der Waals surface area contributed by atoms with Gasteiger partial charge in [-0.3, -0.25) is 4.90 Å². The van der Waals surface area contributed by atoms with Gasteiger partial charge in [-0.1, -0.05) is 0 Å². The van der Waals surface area contributed by atoms with E-state index in [0.717, 1.165) is 43.4 Å². The molecule has 0 unspecified atom stereocenters. The first kappa shape index (κ1) is 17.0. The lowest BCUT2D eigenvalue weighted by atomic mass is 10.3. The zero-order valence-electron chi connectivity index (χ0n) is 14.1. The summed E-state index contributed by atoms with van der Waals surface area (Å²) < 4.78 is 5.32. The van der Waals surface area contributed by atoms with Gasteiger partial charge in [-0.05, 0) is 11.4 Å². The molecular weight excluding hydrogens is 356 g/mol. The fourth-order valence-electron chi connectivity index (χ4n) is 3.18. The van der Waals surface area contributed by atoms with E-state index in [1.54, 1.807) is 22.7 Å². The number of hydrogen-bond acceptors (Lipinski definition) is 6. The SMILES string of the molecule is O=C(N1CCOCC1)N1CCN(Cc2csc(-c3ccsc3)n2)CC1. The van der Waals surface area contributed by atoms with Crippen molar-refractivity contribution >= 4 is 28.7 Å². The fourth-order valence-corrected chi connectivity index (χ4v) is 4.70. The van der Waals surface area contributed by atoms with Crippen LogP contribution < -0.4 is 0 Å². The van der Waals surface area contributed by atoms with E-state index in [4.69, 9.17) is 9.72 Å². The lowest BCUT2D eigenvalue weighted by Crippen LogP contribution is -2.54. The number of piperazine rings is 1. The number of amides is 2. The molecule has 2 aromatic rings. The van der Waals surface area contributed by atoms with Gasteiger partial charge < -0.3 is 14.5 Å². The summed E-state index contributed by atoms with van der Waals surface area (Å²) in [5.74, 6) is 0. The quantitative estimate of drug-likeness (QED) is 0.823. The molecule has 0 aliphatic carbocycles. The van der Waals surface area contributed by atoms with E-state index in [-0.39, 0.29) is 6.03 Å². The van der Waals surface area contributed by atoms with Crippen LogP contribution in [0.2, 0.25) is 0 Å². The Morgan fingerprint density at radius 1 is 1.08 bits per heavy atom. The van der Waals surface area contributed by atoms with E-state index in [1.807, 2.05) is 9.80 Å². The minimum Gasteiger partial charge on any atom is -0.378 e. The number of urea groups is 1. The monoisotopic (exact) mass is 378 g/mol. The molecule has 25 heavy (non-hydrogen) atoms. The fraction of sp³-hybridized carbons (Fsp3) is 0.529. The topological polar surface area (TPSA) is 48.9 Å². The van der Waals surface area contributed by atoms with Crippen LogP contribution in [0.3, 0.4) is 0 Å². The first-order valence-electron chi connectivity index (χ1n) is 8.60. The van der Waals surface area contributed by atoms with Crippen LogP contribution >= 0.6 is 22.7 Å². The van der Waals surface area contributed by atoms with Crippen molar-refractivity contribution in [2.24, 2.45) is 0 Å². The zero-order valence-corrected chi connectivity index (χ0v) is 15.7. The highest BCUT2D eigenvalue weighted by molar-refractivity contribution is 7.14. The molecule has 4 heterocycles. The highest BCUT2D eigenvalue weighted by Crippen LogP contribution is 2.26. The van der Waals surface area contributed by atoms with Crippen molar-refractivity contribution in [1.82, 2.24) is 19.7 Å². The number of morpholine rings is 1. The standard InChI is InChI=1S/C17H22N4O2S2/c22-17(21-6-8-23-9-7-21)20-4-2-19(3-5-20)11-15-13-25-16(18-15)14-1-10-24-12-14/h1,10,12-13H,2-9,11H2. The minimum atomic E-state index is 0.163. The van der Waals surface area contributed by atoms with Crippen molar-refractivity contribution < 1.29 is 9.53 Å². The normalized spacial score (nSPS) is 19.4. The Kier molecular flexibility index (Phi) is 5.30. The van der Waals surface area contributed by atoms with E-state index in [0.29, 0.717) is 26.3 Å². The summed E-state index contributed by atoms with van der Waals surface area (Å²) in [7, 11) is 0. The van der Waals surface area contributed by atoms with Gasteiger partial charge in [0.1, 0.15) is 5.01 Å². The highest BCUT2D eigenvalue weighted by Gasteiger charge is 2.26. The van der Waals surface area contributed by atoms with Gasteiger partial charge in [-0.25, -0.2) is 9.78 Å². The summed E-state index contributed by atoms with van der Waals surface area (Å²) >= 11 is 3.41. The number of aromatic nitrogens is 1. The van der Waals surface area contributed by atoms with Gasteiger partial charge >= 0.3 is 6.03 Å². The minimum absolute atomic E-state index is 0.163. The van der Waals surface area contributed by atoms with Crippen LogP contribution in [-0.4, -0.2) is 78.2 Å². The summed E-state index contributed by atoms with van der Waals surface area (Å²) in [5, 5.41) is 7.47. The number of thiophene rings is 1. The number of ether oxygens (including phenoxy) is 1. The Labute approximate surface area is 155 Å². The molecule has 0 N–H and O–H groups in total. The Morgan fingerprint density at radius 3 is 2.56 bits per heavy atom. The first-order valence-corrected chi connectivity index (χ1v) is 10.4. The predicted molar refractivity (Wildman–Crippen MR) is 100 cm³/mol.